The molecule has 0 bridgehead atoms. The SMILES string of the molecule is Cn1cc2c(c1C(=O)Nc1ccc(F)c(Cl)c1)CCC2N. The van der Waals surface area contributed by atoms with Gasteiger partial charge in [-0.1, -0.05) is 11.6 Å². The summed E-state index contributed by atoms with van der Waals surface area (Å²) < 4.78 is 14.9. The average Bonchev–Trinajstić information content (AvgIpc) is 2.93. The number of hydrogen-bond donors (Lipinski definition) is 2. The first kappa shape index (κ1) is 14.1. The smallest absolute Gasteiger partial charge is 0.272 e. The van der Waals surface area contributed by atoms with E-state index in [9.17, 15) is 9.18 Å². The van der Waals surface area contributed by atoms with Crippen LogP contribution in [0.2, 0.25) is 5.02 Å². The van der Waals surface area contributed by atoms with E-state index < -0.39 is 5.82 Å². The molecular formula is C15H15ClFN3O. The molecule has 0 saturated carbocycles. The molecule has 0 aliphatic heterocycles. The zero-order chi connectivity index (χ0) is 15.1. The Morgan fingerprint density at radius 3 is 3.00 bits per heavy atom. The molecule has 1 amide bonds. The second-order valence-electron chi connectivity index (χ2n) is 5.25. The summed E-state index contributed by atoms with van der Waals surface area (Å²) in [6.07, 6.45) is 3.55. The zero-order valence-corrected chi connectivity index (χ0v) is 12.2. The number of nitrogens with zero attached hydrogens (tertiary/aromatic N) is 1. The summed E-state index contributed by atoms with van der Waals surface area (Å²) in [6.45, 7) is 0. The van der Waals surface area contributed by atoms with Crippen LogP contribution in [-0.2, 0) is 13.5 Å². The summed E-state index contributed by atoms with van der Waals surface area (Å²) in [5.74, 6) is -0.754. The number of anilines is 1. The molecule has 6 heteroatoms. The van der Waals surface area contributed by atoms with E-state index in [1.54, 1.807) is 4.57 Å². The second kappa shape index (κ2) is 5.16. The first-order valence-corrected chi connectivity index (χ1v) is 7.05. The Morgan fingerprint density at radius 1 is 1.52 bits per heavy atom. The first-order chi connectivity index (χ1) is 9.97. The van der Waals surface area contributed by atoms with Crippen molar-refractivity contribution in [3.05, 3.63) is 52.1 Å². The number of aryl methyl sites for hydroxylation is 1. The largest absolute Gasteiger partial charge is 0.346 e. The number of nitrogens with one attached hydrogen (secondary N) is 1. The Bertz CT molecular complexity index is 726. The highest BCUT2D eigenvalue weighted by atomic mass is 35.5. The molecule has 0 saturated heterocycles. The molecule has 3 N–H and O–H groups in total. The molecule has 1 unspecified atom stereocenters. The number of rotatable bonds is 2. The maximum Gasteiger partial charge on any atom is 0.272 e. The molecule has 21 heavy (non-hydrogen) atoms. The predicted molar refractivity (Wildman–Crippen MR) is 80.0 cm³/mol. The Balaban J connectivity index is 1.89. The number of aromatic nitrogens is 1. The maximum atomic E-state index is 13.1. The zero-order valence-electron chi connectivity index (χ0n) is 11.5. The fourth-order valence-corrected chi connectivity index (χ4v) is 2.98. The Kier molecular flexibility index (Phi) is 3.47. The number of hydrogen-bond acceptors (Lipinski definition) is 2. The molecule has 1 aliphatic rings. The van der Waals surface area contributed by atoms with Crippen LogP contribution in [0.15, 0.2) is 24.4 Å². The van der Waals surface area contributed by atoms with Gasteiger partial charge in [0, 0.05) is 25.0 Å². The van der Waals surface area contributed by atoms with Gasteiger partial charge in [0.2, 0.25) is 0 Å². The normalized spacial score (nSPS) is 16.9. The quantitative estimate of drug-likeness (QED) is 0.896. The van der Waals surface area contributed by atoms with Crippen LogP contribution in [0.3, 0.4) is 0 Å². The van der Waals surface area contributed by atoms with Crippen molar-refractivity contribution < 1.29 is 9.18 Å². The molecule has 1 aromatic carbocycles. The molecule has 1 heterocycles. The van der Waals surface area contributed by atoms with Crippen molar-refractivity contribution in [2.75, 3.05) is 5.32 Å². The van der Waals surface area contributed by atoms with Gasteiger partial charge in [-0.3, -0.25) is 4.79 Å². The van der Waals surface area contributed by atoms with Crippen molar-refractivity contribution in [2.24, 2.45) is 12.8 Å². The van der Waals surface area contributed by atoms with Gasteiger partial charge in [-0.2, -0.15) is 0 Å². The number of halogens is 2. The summed E-state index contributed by atoms with van der Waals surface area (Å²) in [5, 5.41) is 2.72. The molecule has 1 aliphatic carbocycles. The van der Waals surface area contributed by atoms with E-state index >= 15 is 0 Å². The Morgan fingerprint density at radius 2 is 2.29 bits per heavy atom. The van der Waals surface area contributed by atoms with Gasteiger partial charge < -0.3 is 15.6 Å². The lowest BCUT2D eigenvalue weighted by Crippen LogP contribution is -2.17. The van der Waals surface area contributed by atoms with Gasteiger partial charge >= 0.3 is 0 Å². The Hall–Kier alpha value is -1.85. The van der Waals surface area contributed by atoms with Crippen molar-refractivity contribution in [2.45, 2.75) is 18.9 Å². The third kappa shape index (κ3) is 2.43. The molecule has 1 atom stereocenters. The molecule has 3 rings (SSSR count). The van der Waals surface area contributed by atoms with E-state index in [1.165, 1.54) is 18.2 Å². The molecule has 0 radical (unpaired) electrons. The minimum atomic E-state index is -0.514. The average molecular weight is 308 g/mol. The van der Waals surface area contributed by atoms with Gasteiger partial charge in [0.25, 0.3) is 5.91 Å². The number of amides is 1. The summed E-state index contributed by atoms with van der Waals surface area (Å²) >= 11 is 5.72. The van der Waals surface area contributed by atoms with E-state index in [0.717, 1.165) is 24.0 Å². The lowest BCUT2D eigenvalue weighted by atomic mass is 10.1. The van der Waals surface area contributed by atoms with Crippen LogP contribution in [0.4, 0.5) is 10.1 Å². The third-order valence-corrected chi connectivity index (χ3v) is 4.11. The first-order valence-electron chi connectivity index (χ1n) is 6.67. The van der Waals surface area contributed by atoms with Crippen LogP contribution in [0, 0.1) is 5.82 Å². The van der Waals surface area contributed by atoms with Crippen molar-refractivity contribution in [1.29, 1.82) is 0 Å². The van der Waals surface area contributed by atoms with Crippen LogP contribution < -0.4 is 11.1 Å². The van der Waals surface area contributed by atoms with Crippen LogP contribution in [0.5, 0.6) is 0 Å². The Labute approximate surface area is 126 Å². The van der Waals surface area contributed by atoms with E-state index in [-0.39, 0.29) is 17.0 Å². The highest BCUT2D eigenvalue weighted by Crippen LogP contribution is 2.33. The molecule has 0 spiro atoms. The highest BCUT2D eigenvalue weighted by molar-refractivity contribution is 6.31. The van der Waals surface area contributed by atoms with Crippen molar-refractivity contribution in [1.82, 2.24) is 4.57 Å². The fourth-order valence-electron chi connectivity index (χ4n) is 2.80. The number of benzene rings is 1. The predicted octanol–water partition coefficient (Wildman–Crippen LogP) is 3.02. The van der Waals surface area contributed by atoms with Crippen LogP contribution >= 0.6 is 11.6 Å². The van der Waals surface area contributed by atoms with Crippen molar-refractivity contribution >= 4 is 23.2 Å². The molecular weight excluding hydrogens is 293 g/mol. The molecule has 2 aromatic rings. The van der Waals surface area contributed by atoms with E-state index in [4.69, 9.17) is 17.3 Å². The summed E-state index contributed by atoms with van der Waals surface area (Å²) in [6, 6.07) is 4.09. The van der Waals surface area contributed by atoms with Gasteiger partial charge in [-0.05, 0) is 42.2 Å². The number of fused-ring (bicyclic) bond motifs is 1. The van der Waals surface area contributed by atoms with Crippen LogP contribution in [0.1, 0.15) is 34.1 Å². The second-order valence-corrected chi connectivity index (χ2v) is 5.66. The van der Waals surface area contributed by atoms with Gasteiger partial charge in [-0.25, -0.2) is 4.39 Å². The monoisotopic (exact) mass is 307 g/mol. The third-order valence-electron chi connectivity index (χ3n) is 3.82. The van der Waals surface area contributed by atoms with E-state index in [1.807, 2.05) is 13.2 Å². The van der Waals surface area contributed by atoms with Crippen LogP contribution in [-0.4, -0.2) is 10.5 Å². The lowest BCUT2D eigenvalue weighted by Gasteiger charge is -2.09. The minimum Gasteiger partial charge on any atom is -0.346 e. The van der Waals surface area contributed by atoms with Gasteiger partial charge in [-0.15, -0.1) is 0 Å². The van der Waals surface area contributed by atoms with Gasteiger partial charge in [0.1, 0.15) is 11.5 Å². The minimum absolute atomic E-state index is 0.00647. The fraction of sp³-hybridized carbons (Fsp3) is 0.267. The summed E-state index contributed by atoms with van der Waals surface area (Å²) in [4.78, 5) is 12.4. The van der Waals surface area contributed by atoms with E-state index in [0.29, 0.717) is 11.4 Å². The summed E-state index contributed by atoms with van der Waals surface area (Å²) in [7, 11) is 1.82. The number of carbonyl (C=O) groups is 1. The molecule has 4 nitrogen and oxygen atoms in total. The van der Waals surface area contributed by atoms with Gasteiger partial charge in [0.15, 0.2) is 0 Å². The van der Waals surface area contributed by atoms with E-state index in [2.05, 4.69) is 5.32 Å². The lowest BCUT2D eigenvalue weighted by molar-refractivity contribution is 0.101. The molecule has 0 fully saturated rings. The molecule has 1 aromatic heterocycles. The van der Waals surface area contributed by atoms with Crippen LogP contribution in [0.25, 0.3) is 0 Å². The molecule has 110 valence electrons. The standard InChI is InChI=1S/C15H15ClFN3O/c1-20-7-10-9(3-5-13(10)18)14(20)15(21)19-8-2-4-12(17)11(16)6-8/h2,4,6-7,13H,3,5,18H2,1H3,(H,19,21). The number of nitrogens with two attached hydrogens (primary N) is 1. The highest BCUT2D eigenvalue weighted by Gasteiger charge is 2.28. The van der Waals surface area contributed by atoms with Gasteiger partial charge in [0.05, 0.1) is 5.02 Å². The summed E-state index contributed by atoms with van der Waals surface area (Å²) in [5.41, 5.74) is 9.09. The maximum absolute atomic E-state index is 13.1. The topological polar surface area (TPSA) is 60.0 Å². The van der Waals surface area contributed by atoms with Crippen molar-refractivity contribution in [3.63, 3.8) is 0 Å². The number of carbonyl (C=O) groups excluding carboxylic acids is 1. The van der Waals surface area contributed by atoms with Crippen molar-refractivity contribution in [3.8, 4) is 0 Å².